The normalized spacial score (nSPS) is 16.3. The van der Waals surface area contributed by atoms with E-state index in [0.29, 0.717) is 5.69 Å². The summed E-state index contributed by atoms with van der Waals surface area (Å²) in [7, 11) is -6.10. The van der Waals surface area contributed by atoms with Gasteiger partial charge in [0, 0.05) is 6.04 Å². The number of para-hydroxylation sites is 2. The molecule has 1 atom stereocenters. The van der Waals surface area contributed by atoms with Crippen molar-refractivity contribution in [3.8, 4) is 11.5 Å². The lowest BCUT2D eigenvalue weighted by Crippen LogP contribution is -2.48. The van der Waals surface area contributed by atoms with Crippen LogP contribution in [-0.2, 0) is 24.8 Å². The van der Waals surface area contributed by atoms with Crippen molar-refractivity contribution < 1.29 is 31.1 Å². The van der Waals surface area contributed by atoms with Gasteiger partial charge in [-0.25, -0.2) is 21.6 Å². The topological polar surface area (TPSA) is 131 Å². The minimum absolute atomic E-state index is 0.0602. The van der Waals surface area contributed by atoms with Gasteiger partial charge < -0.3 is 14.8 Å². The quantitative estimate of drug-likeness (QED) is 0.611. The van der Waals surface area contributed by atoms with Crippen LogP contribution in [0.1, 0.15) is 13.8 Å². The maximum atomic E-state index is 13.0. The number of hydrogen-bond donors (Lipinski definition) is 2. The maximum absolute atomic E-state index is 13.0. The van der Waals surface area contributed by atoms with E-state index in [-0.39, 0.29) is 34.7 Å². The van der Waals surface area contributed by atoms with E-state index in [9.17, 15) is 21.6 Å². The number of nitrogens with zero attached hydrogens (tertiary/aromatic N) is 1. The van der Waals surface area contributed by atoms with Crippen molar-refractivity contribution in [3.63, 3.8) is 0 Å². The largest absolute Gasteiger partial charge is 0.495 e. The number of carbonyl (C=O) groups is 1. The van der Waals surface area contributed by atoms with E-state index in [1.54, 1.807) is 38.1 Å². The van der Waals surface area contributed by atoms with Crippen molar-refractivity contribution in [1.29, 1.82) is 0 Å². The Morgan fingerprint density at radius 2 is 1.84 bits per heavy atom. The van der Waals surface area contributed by atoms with Crippen LogP contribution in [0.4, 0.5) is 11.4 Å². The zero-order valence-corrected chi connectivity index (χ0v) is 19.7. The summed E-state index contributed by atoms with van der Waals surface area (Å²) in [6.45, 7) is 3.14. The zero-order valence-electron chi connectivity index (χ0n) is 18.0. The van der Waals surface area contributed by atoms with Gasteiger partial charge in [-0.05, 0) is 44.2 Å². The van der Waals surface area contributed by atoms with E-state index in [0.717, 1.165) is 10.6 Å². The minimum Gasteiger partial charge on any atom is -0.495 e. The van der Waals surface area contributed by atoms with Crippen molar-refractivity contribution in [2.75, 3.05) is 29.5 Å². The first kappa shape index (κ1) is 23.8. The molecule has 0 saturated heterocycles. The summed E-state index contributed by atoms with van der Waals surface area (Å²) < 4.78 is 64.1. The molecule has 174 valence electrons. The monoisotopic (exact) mass is 483 g/mol. The Hall–Kier alpha value is -2.83. The number of methoxy groups -OCH3 is 1. The Balaban J connectivity index is 1.91. The first-order valence-electron chi connectivity index (χ1n) is 9.67. The fourth-order valence-electron chi connectivity index (χ4n) is 3.20. The van der Waals surface area contributed by atoms with Gasteiger partial charge in [0.05, 0.1) is 36.2 Å². The van der Waals surface area contributed by atoms with Crippen LogP contribution in [0.15, 0.2) is 47.4 Å². The average molecular weight is 484 g/mol. The first-order valence-corrected chi connectivity index (χ1v) is 13.0. The molecule has 1 aliphatic heterocycles. The third-order valence-corrected chi connectivity index (χ3v) is 7.36. The lowest BCUT2D eigenvalue weighted by atomic mass is 10.2. The van der Waals surface area contributed by atoms with Crippen LogP contribution in [-0.4, -0.2) is 54.8 Å². The van der Waals surface area contributed by atoms with E-state index in [2.05, 4.69) is 10.0 Å². The predicted octanol–water partition coefficient (Wildman–Crippen LogP) is 1.55. The number of amides is 1. The van der Waals surface area contributed by atoms with Gasteiger partial charge in [0.2, 0.25) is 20.0 Å². The fourth-order valence-corrected chi connectivity index (χ4v) is 5.39. The standard InChI is InChI=1S/C20H25N3O7S2/c1-13(2)22-32(27,28)14-9-10-17(29-3)15(11-14)21-20(24)19-12-23(31(4,25)26)16-7-5-6-8-18(16)30-19/h5-11,13,19,22H,12H2,1-4H3,(H,21,24)/t19-/m1/s1. The first-order chi connectivity index (χ1) is 14.9. The number of benzene rings is 2. The third kappa shape index (κ3) is 5.14. The molecular weight excluding hydrogens is 458 g/mol. The number of carbonyl (C=O) groups excluding carboxylic acids is 1. The van der Waals surface area contributed by atoms with E-state index in [4.69, 9.17) is 9.47 Å². The van der Waals surface area contributed by atoms with Crippen LogP contribution < -0.4 is 23.8 Å². The van der Waals surface area contributed by atoms with Crippen LogP contribution in [0.3, 0.4) is 0 Å². The van der Waals surface area contributed by atoms with Crippen molar-refractivity contribution in [3.05, 3.63) is 42.5 Å². The lowest BCUT2D eigenvalue weighted by Gasteiger charge is -2.33. The highest BCUT2D eigenvalue weighted by atomic mass is 32.2. The van der Waals surface area contributed by atoms with Crippen LogP contribution in [0.2, 0.25) is 0 Å². The number of anilines is 2. The summed E-state index contributed by atoms with van der Waals surface area (Å²) in [5, 5.41) is 2.60. The maximum Gasteiger partial charge on any atom is 0.267 e. The highest BCUT2D eigenvalue weighted by Gasteiger charge is 2.35. The Bertz CT molecular complexity index is 1230. The molecule has 0 spiro atoms. The molecule has 10 nitrogen and oxygen atoms in total. The van der Waals surface area contributed by atoms with Gasteiger partial charge in [0.25, 0.3) is 5.91 Å². The molecule has 0 unspecified atom stereocenters. The highest BCUT2D eigenvalue weighted by molar-refractivity contribution is 7.92. The molecule has 0 saturated carbocycles. The van der Waals surface area contributed by atoms with Crippen LogP contribution in [0.25, 0.3) is 0 Å². The highest BCUT2D eigenvalue weighted by Crippen LogP contribution is 2.35. The van der Waals surface area contributed by atoms with Crippen LogP contribution >= 0.6 is 0 Å². The number of nitrogens with one attached hydrogen (secondary N) is 2. The van der Waals surface area contributed by atoms with E-state index >= 15 is 0 Å². The Morgan fingerprint density at radius 1 is 1.16 bits per heavy atom. The van der Waals surface area contributed by atoms with Crippen molar-refractivity contribution >= 4 is 37.3 Å². The van der Waals surface area contributed by atoms with Gasteiger partial charge in [-0.2, -0.15) is 0 Å². The molecular formula is C20H25N3O7S2. The predicted molar refractivity (Wildman–Crippen MR) is 120 cm³/mol. The molecule has 0 bridgehead atoms. The molecule has 1 aliphatic rings. The second-order valence-corrected chi connectivity index (χ2v) is 11.1. The molecule has 32 heavy (non-hydrogen) atoms. The van der Waals surface area contributed by atoms with Crippen molar-refractivity contribution in [1.82, 2.24) is 4.72 Å². The molecule has 2 N–H and O–H groups in total. The van der Waals surface area contributed by atoms with E-state index in [1.165, 1.54) is 25.3 Å². The molecule has 1 amide bonds. The Morgan fingerprint density at radius 3 is 2.47 bits per heavy atom. The lowest BCUT2D eigenvalue weighted by molar-refractivity contribution is -0.122. The summed E-state index contributed by atoms with van der Waals surface area (Å²) in [4.78, 5) is 12.9. The van der Waals surface area contributed by atoms with Gasteiger partial charge in [-0.3, -0.25) is 9.10 Å². The second-order valence-electron chi connectivity index (χ2n) is 7.50. The number of rotatable bonds is 7. The van der Waals surface area contributed by atoms with Gasteiger partial charge in [0.1, 0.15) is 11.5 Å². The number of sulfonamides is 2. The van der Waals surface area contributed by atoms with E-state index < -0.39 is 32.1 Å². The Kier molecular flexibility index (Phi) is 6.67. The number of ether oxygens (including phenoxy) is 2. The summed E-state index contributed by atoms with van der Waals surface area (Å²) in [5.74, 6) is -0.176. The molecule has 2 aromatic rings. The van der Waals surface area contributed by atoms with Crippen LogP contribution in [0, 0.1) is 0 Å². The van der Waals surface area contributed by atoms with Gasteiger partial charge in [0.15, 0.2) is 6.10 Å². The summed E-state index contributed by atoms with van der Waals surface area (Å²) in [5.41, 5.74) is 0.446. The number of fused-ring (bicyclic) bond motifs is 1. The van der Waals surface area contributed by atoms with Crippen molar-refractivity contribution in [2.45, 2.75) is 30.9 Å². The van der Waals surface area contributed by atoms with Gasteiger partial charge in [-0.1, -0.05) is 12.1 Å². The summed E-state index contributed by atoms with van der Waals surface area (Å²) in [6.07, 6.45) is -0.123. The molecule has 12 heteroatoms. The molecule has 1 heterocycles. The summed E-state index contributed by atoms with van der Waals surface area (Å²) >= 11 is 0. The van der Waals surface area contributed by atoms with Gasteiger partial charge >= 0.3 is 0 Å². The smallest absolute Gasteiger partial charge is 0.267 e. The zero-order chi connectivity index (χ0) is 23.7. The molecule has 0 radical (unpaired) electrons. The SMILES string of the molecule is COc1ccc(S(=O)(=O)NC(C)C)cc1NC(=O)[C@H]1CN(S(C)(=O)=O)c2ccccc2O1. The molecule has 0 fully saturated rings. The average Bonchev–Trinajstić information content (AvgIpc) is 2.71. The second kappa shape index (κ2) is 8.96. The Labute approximate surface area is 187 Å². The summed E-state index contributed by atoms with van der Waals surface area (Å²) in [6, 6.07) is 10.2. The van der Waals surface area contributed by atoms with Crippen LogP contribution in [0.5, 0.6) is 11.5 Å². The third-order valence-electron chi connectivity index (χ3n) is 4.56. The van der Waals surface area contributed by atoms with Crippen molar-refractivity contribution in [2.24, 2.45) is 0 Å². The number of hydrogen-bond acceptors (Lipinski definition) is 7. The molecule has 2 aromatic carbocycles. The fraction of sp³-hybridized carbons (Fsp3) is 0.350. The van der Waals surface area contributed by atoms with Gasteiger partial charge in [-0.15, -0.1) is 0 Å². The molecule has 0 aromatic heterocycles. The van der Waals surface area contributed by atoms with E-state index in [1.807, 2.05) is 0 Å². The molecule has 0 aliphatic carbocycles. The minimum atomic E-state index is -3.81. The molecule has 3 rings (SSSR count).